The largest absolute Gasteiger partial charge is 0.387 e. The lowest BCUT2D eigenvalue weighted by atomic mass is 9.95. The van der Waals surface area contributed by atoms with Crippen molar-refractivity contribution in [2.75, 3.05) is 6.54 Å². The van der Waals surface area contributed by atoms with Crippen LogP contribution in [-0.2, 0) is 10.2 Å². The average Bonchev–Trinajstić information content (AvgIpc) is 3.48. The van der Waals surface area contributed by atoms with E-state index in [0.717, 1.165) is 34.7 Å². The minimum Gasteiger partial charge on any atom is -0.387 e. The zero-order chi connectivity index (χ0) is 17.3. The van der Waals surface area contributed by atoms with Crippen LogP contribution in [0.2, 0.25) is 0 Å². The molecule has 4 rings (SSSR count). The van der Waals surface area contributed by atoms with Gasteiger partial charge in [-0.3, -0.25) is 4.79 Å². The average molecular weight is 331 g/mol. The third-order valence-electron chi connectivity index (χ3n) is 5.13. The maximum Gasteiger partial charge on any atom is 0.230 e. The van der Waals surface area contributed by atoms with Gasteiger partial charge in [-0.15, -0.1) is 0 Å². The highest BCUT2D eigenvalue weighted by Gasteiger charge is 2.51. The normalized spacial score (nSPS) is 16.4. The van der Waals surface area contributed by atoms with Gasteiger partial charge in [-0.25, -0.2) is 0 Å². The smallest absolute Gasteiger partial charge is 0.230 e. The second-order valence-corrected chi connectivity index (χ2v) is 6.78. The van der Waals surface area contributed by atoms with Crippen LogP contribution in [0.5, 0.6) is 0 Å². The van der Waals surface area contributed by atoms with Gasteiger partial charge in [0.1, 0.15) is 0 Å². The maximum absolute atomic E-state index is 12.7. The van der Waals surface area contributed by atoms with E-state index in [1.165, 1.54) is 0 Å². The Morgan fingerprint density at radius 1 is 0.960 bits per heavy atom. The Morgan fingerprint density at radius 3 is 2.36 bits per heavy atom. The van der Waals surface area contributed by atoms with E-state index in [0.29, 0.717) is 0 Å². The summed E-state index contributed by atoms with van der Waals surface area (Å²) in [7, 11) is 0. The molecular weight excluding hydrogens is 310 g/mol. The molecule has 0 heterocycles. The Bertz CT molecular complexity index is 900. The number of hydrogen-bond acceptors (Lipinski definition) is 2. The van der Waals surface area contributed by atoms with E-state index in [4.69, 9.17) is 0 Å². The zero-order valence-electron chi connectivity index (χ0n) is 14.0. The van der Waals surface area contributed by atoms with Crippen molar-refractivity contribution in [3.05, 3.63) is 83.9 Å². The molecule has 3 nitrogen and oxygen atoms in total. The fraction of sp³-hybridized carbons (Fsp3) is 0.227. The number of carbonyl (C=O) groups is 1. The van der Waals surface area contributed by atoms with Crippen LogP contribution in [0, 0.1) is 0 Å². The minimum absolute atomic E-state index is 0.0125. The third kappa shape index (κ3) is 3.03. The molecular formula is C22H21NO2. The lowest BCUT2D eigenvalue weighted by molar-refractivity contribution is -0.124. The molecule has 0 aliphatic heterocycles. The summed E-state index contributed by atoms with van der Waals surface area (Å²) in [5.41, 5.74) is 1.49. The van der Waals surface area contributed by atoms with Crippen molar-refractivity contribution in [1.29, 1.82) is 0 Å². The summed E-state index contributed by atoms with van der Waals surface area (Å²) in [5, 5.41) is 15.6. The highest BCUT2D eigenvalue weighted by molar-refractivity contribution is 5.91. The van der Waals surface area contributed by atoms with Gasteiger partial charge in [0.25, 0.3) is 0 Å². The van der Waals surface area contributed by atoms with Crippen molar-refractivity contribution in [2.45, 2.75) is 24.4 Å². The predicted octanol–water partition coefficient (Wildman–Crippen LogP) is 3.72. The Balaban J connectivity index is 1.44. The summed E-state index contributed by atoms with van der Waals surface area (Å²) in [6.45, 7) is 0.228. The van der Waals surface area contributed by atoms with E-state index in [2.05, 4.69) is 5.32 Å². The van der Waals surface area contributed by atoms with Crippen molar-refractivity contribution in [1.82, 2.24) is 5.32 Å². The standard InChI is InChI=1S/C22H21NO2/c24-20(18-11-10-16-6-4-5-7-17(16)14-18)15-23-21(25)22(12-13-22)19-8-2-1-3-9-19/h1-11,14,20,24H,12-13,15H2,(H,23,25). The molecule has 3 aromatic carbocycles. The van der Waals surface area contributed by atoms with E-state index in [9.17, 15) is 9.90 Å². The molecule has 2 N–H and O–H groups in total. The zero-order valence-corrected chi connectivity index (χ0v) is 14.0. The van der Waals surface area contributed by atoms with Gasteiger partial charge in [0.15, 0.2) is 0 Å². The van der Waals surface area contributed by atoms with Crippen LogP contribution in [0.1, 0.15) is 30.1 Å². The molecule has 1 unspecified atom stereocenters. The molecule has 1 aliphatic rings. The number of benzene rings is 3. The van der Waals surface area contributed by atoms with Crippen LogP contribution in [0.4, 0.5) is 0 Å². The monoisotopic (exact) mass is 331 g/mol. The van der Waals surface area contributed by atoms with Crippen molar-refractivity contribution in [3.8, 4) is 0 Å². The Hall–Kier alpha value is -2.65. The molecule has 126 valence electrons. The number of aliphatic hydroxyl groups excluding tert-OH is 1. The fourth-order valence-electron chi connectivity index (χ4n) is 3.42. The number of aliphatic hydroxyl groups is 1. The summed E-state index contributed by atoms with van der Waals surface area (Å²) in [6, 6.07) is 23.9. The highest BCUT2D eigenvalue weighted by Crippen LogP contribution is 2.48. The third-order valence-corrected chi connectivity index (χ3v) is 5.13. The molecule has 0 aromatic heterocycles. The molecule has 25 heavy (non-hydrogen) atoms. The van der Waals surface area contributed by atoms with Crippen LogP contribution in [-0.4, -0.2) is 17.6 Å². The van der Waals surface area contributed by atoms with E-state index in [1.54, 1.807) is 0 Å². The lowest BCUT2D eigenvalue weighted by Crippen LogP contribution is -2.37. The van der Waals surface area contributed by atoms with Crippen molar-refractivity contribution in [3.63, 3.8) is 0 Å². The van der Waals surface area contributed by atoms with Gasteiger partial charge < -0.3 is 10.4 Å². The molecule has 3 aromatic rings. The van der Waals surface area contributed by atoms with Gasteiger partial charge >= 0.3 is 0 Å². The summed E-state index contributed by atoms with van der Waals surface area (Å²) >= 11 is 0. The van der Waals surface area contributed by atoms with Crippen LogP contribution in [0.25, 0.3) is 10.8 Å². The molecule has 0 radical (unpaired) electrons. The van der Waals surface area contributed by atoms with Gasteiger partial charge in [-0.05, 0) is 40.8 Å². The molecule has 1 atom stereocenters. The second-order valence-electron chi connectivity index (χ2n) is 6.78. The quantitative estimate of drug-likeness (QED) is 0.748. The number of amides is 1. The molecule has 1 fully saturated rings. The first-order chi connectivity index (χ1) is 12.2. The molecule has 0 spiro atoms. The maximum atomic E-state index is 12.7. The van der Waals surface area contributed by atoms with Crippen molar-refractivity contribution >= 4 is 16.7 Å². The first-order valence-corrected chi connectivity index (χ1v) is 8.70. The molecule has 0 saturated heterocycles. The summed E-state index contributed by atoms with van der Waals surface area (Å²) < 4.78 is 0. The lowest BCUT2D eigenvalue weighted by Gasteiger charge is -2.18. The number of carbonyl (C=O) groups excluding carboxylic acids is 1. The molecule has 3 heteroatoms. The van der Waals surface area contributed by atoms with Crippen molar-refractivity contribution < 1.29 is 9.90 Å². The number of fused-ring (bicyclic) bond motifs is 1. The van der Waals surface area contributed by atoms with Crippen LogP contribution in [0.15, 0.2) is 72.8 Å². The van der Waals surface area contributed by atoms with Gasteiger partial charge in [0.2, 0.25) is 5.91 Å². The van der Waals surface area contributed by atoms with Crippen LogP contribution < -0.4 is 5.32 Å². The molecule has 0 bridgehead atoms. The molecule has 1 aliphatic carbocycles. The van der Waals surface area contributed by atoms with E-state index >= 15 is 0 Å². The summed E-state index contributed by atoms with van der Waals surface area (Å²) in [4.78, 5) is 12.7. The Morgan fingerprint density at radius 2 is 1.64 bits per heavy atom. The van der Waals surface area contributed by atoms with Crippen LogP contribution in [0.3, 0.4) is 0 Å². The van der Waals surface area contributed by atoms with Gasteiger partial charge in [-0.1, -0.05) is 66.7 Å². The van der Waals surface area contributed by atoms with Gasteiger partial charge in [-0.2, -0.15) is 0 Å². The number of nitrogens with one attached hydrogen (secondary N) is 1. The first kappa shape index (κ1) is 15.9. The van der Waals surface area contributed by atoms with Crippen LogP contribution >= 0.6 is 0 Å². The topological polar surface area (TPSA) is 49.3 Å². The SMILES string of the molecule is O=C(NCC(O)c1ccc2ccccc2c1)C1(c2ccccc2)CC1. The van der Waals surface area contributed by atoms with Gasteiger partial charge in [0, 0.05) is 6.54 Å². The summed E-state index contributed by atoms with van der Waals surface area (Å²) in [6.07, 6.45) is 1.03. The predicted molar refractivity (Wildman–Crippen MR) is 99.3 cm³/mol. The Kier molecular flexibility index (Phi) is 4.02. The van der Waals surface area contributed by atoms with E-state index in [1.807, 2.05) is 72.8 Å². The van der Waals surface area contributed by atoms with E-state index in [-0.39, 0.29) is 12.5 Å². The second kappa shape index (κ2) is 6.34. The molecule has 1 saturated carbocycles. The van der Waals surface area contributed by atoms with Gasteiger partial charge in [0.05, 0.1) is 11.5 Å². The minimum atomic E-state index is -0.708. The fourth-order valence-corrected chi connectivity index (χ4v) is 3.42. The first-order valence-electron chi connectivity index (χ1n) is 8.70. The summed E-state index contributed by atoms with van der Waals surface area (Å²) in [5.74, 6) is 0.0125. The number of rotatable bonds is 5. The highest BCUT2D eigenvalue weighted by atomic mass is 16.3. The van der Waals surface area contributed by atoms with Crippen molar-refractivity contribution in [2.24, 2.45) is 0 Å². The number of hydrogen-bond donors (Lipinski definition) is 2. The Labute approximate surface area is 147 Å². The van der Waals surface area contributed by atoms with E-state index < -0.39 is 11.5 Å². The molecule has 1 amide bonds.